The normalized spacial score (nSPS) is 26.2. The van der Waals surface area contributed by atoms with Crippen LogP contribution < -0.4 is 5.73 Å². The molecule has 0 saturated carbocycles. The van der Waals surface area contributed by atoms with E-state index in [-0.39, 0.29) is 12.4 Å². The van der Waals surface area contributed by atoms with Gasteiger partial charge in [-0.2, -0.15) is 0 Å². The fraction of sp³-hybridized carbons (Fsp3) is 0.889. The number of hydrogen-bond donors (Lipinski definition) is 3. The van der Waals surface area contributed by atoms with Crippen molar-refractivity contribution in [2.75, 3.05) is 19.7 Å². The molecule has 0 amide bonds. The second kappa shape index (κ2) is 4.58. The zero-order chi connectivity index (χ0) is 9.84. The molecule has 1 rings (SSSR count). The van der Waals surface area contributed by atoms with Gasteiger partial charge < -0.3 is 10.8 Å². The van der Waals surface area contributed by atoms with Crippen LogP contribution in [-0.2, 0) is 0 Å². The van der Waals surface area contributed by atoms with Crippen molar-refractivity contribution in [3.8, 4) is 0 Å². The topological polar surface area (TPSA) is 73.3 Å². The van der Waals surface area contributed by atoms with Gasteiger partial charge in [-0.15, -0.1) is 0 Å². The average Bonchev–Trinajstić information content (AvgIpc) is 2.50. The Bertz CT molecular complexity index is 184. The second-order valence-electron chi connectivity index (χ2n) is 3.91. The number of aliphatic hydroxyl groups excluding tert-OH is 1. The fourth-order valence-electron chi connectivity index (χ4n) is 1.86. The van der Waals surface area contributed by atoms with E-state index in [4.69, 9.17) is 16.2 Å². The van der Waals surface area contributed by atoms with Crippen LogP contribution >= 0.6 is 0 Å². The highest BCUT2D eigenvalue weighted by molar-refractivity contribution is 5.77. The van der Waals surface area contributed by atoms with Crippen LogP contribution in [0.5, 0.6) is 0 Å². The first-order valence-electron chi connectivity index (χ1n) is 4.81. The van der Waals surface area contributed by atoms with Crippen LogP contribution in [0.15, 0.2) is 0 Å². The number of likely N-dealkylation sites (tertiary alicyclic amines) is 1. The molecule has 1 aliphatic heterocycles. The Balaban J connectivity index is 2.32. The maximum Gasteiger partial charge on any atom is 0.0920 e. The highest BCUT2D eigenvalue weighted by Crippen LogP contribution is 2.18. The van der Waals surface area contributed by atoms with E-state index < -0.39 is 0 Å². The summed E-state index contributed by atoms with van der Waals surface area (Å²) in [6, 6.07) is 0.342. The van der Waals surface area contributed by atoms with E-state index in [0.29, 0.717) is 18.4 Å². The summed E-state index contributed by atoms with van der Waals surface area (Å²) in [6.45, 7) is 4.34. The lowest BCUT2D eigenvalue weighted by Crippen LogP contribution is -2.34. The first-order chi connectivity index (χ1) is 6.13. The highest BCUT2D eigenvalue weighted by Gasteiger charge is 2.25. The molecule has 0 bridgehead atoms. The molecule has 2 unspecified atom stereocenters. The molecule has 4 heteroatoms. The Morgan fingerprint density at radius 2 is 2.46 bits per heavy atom. The zero-order valence-electron chi connectivity index (χ0n) is 8.16. The van der Waals surface area contributed by atoms with Gasteiger partial charge in [-0.1, -0.05) is 0 Å². The molecule has 1 saturated heterocycles. The summed E-state index contributed by atoms with van der Waals surface area (Å²) in [6.07, 6.45) is 1.71. The number of aliphatic hydroxyl groups is 1. The smallest absolute Gasteiger partial charge is 0.0920 e. The van der Waals surface area contributed by atoms with Crippen LogP contribution in [-0.4, -0.2) is 41.6 Å². The van der Waals surface area contributed by atoms with Gasteiger partial charge >= 0.3 is 0 Å². The van der Waals surface area contributed by atoms with Crippen LogP contribution in [0.3, 0.4) is 0 Å². The first kappa shape index (κ1) is 10.5. The molecular formula is C9H19N3O. The number of hydrogen-bond acceptors (Lipinski definition) is 3. The quantitative estimate of drug-likeness (QED) is 0.427. The molecule has 13 heavy (non-hydrogen) atoms. The van der Waals surface area contributed by atoms with Gasteiger partial charge in [0, 0.05) is 25.6 Å². The van der Waals surface area contributed by atoms with E-state index in [0.717, 1.165) is 19.5 Å². The molecular weight excluding hydrogens is 166 g/mol. The number of nitrogens with one attached hydrogen (secondary N) is 1. The van der Waals surface area contributed by atoms with Crippen molar-refractivity contribution in [1.29, 1.82) is 5.41 Å². The molecule has 0 radical (unpaired) electrons. The minimum absolute atomic E-state index is 0.250. The molecule has 1 fully saturated rings. The van der Waals surface area contributed by atoms with E-state index >= 15 is 0 Å². The summed E-state index contributed by atoms with van der Waals surface area (Å²) in [5.41, 5.74) is 5.34. The van der Waals surface area contributed by atoms with E-state index in [1.54, 1.807) is 0 Å². The van der Waals surface area contributed by atoms with Crippen LogP contribution in [0.25, 0.3) is 0 Å². The summed E-state index contributed by atoms with van der Waals surface area (Å²) >= 11 is 0. The summed E-state index contributed by atoms with van der Waals surface area (Å²) in [5, 5.41) is 16.1. The second-order valence-corrected chi connectivity index (χ2v) is 3.91. The lowest BCUT2D eigenvalue weighted by Gasteiger charge is -2.23. The molecule has 76 valence electrons. The number of amidine groups is 1. The van der Waals surface area contributed by atoms with Gasteiger partial charge in [0.05, 0.1) is 5.84 Å². The predicted molar refractivity (Wildman–Crippen MR) is 52.8 cm³/mol. The molecule has 0 aromatic heterocycles. The molecule has 0 aromatic rings. The lowest BCUT2D eigenvalue weighted by molar-refractivity contribution is 0.205. The minimum atomic E-state index is 0.250. The van der Waals surface area contributed by atoms with Crippen LogP contribution in [0.2, 0.25) is 0 Å². The summed E-state index contributed by atoms with van der Waals surface area (Å²) in [4.78, 5) is 2.29. The molecule has 0 aromatic carbocycles. The van der Waals surface area contributed by atoms with Crippen molar-refractivity contribution >= 4 is 5.84 Å². The third-order valence-electron chi connectivity index (χ3n) is 2.71. The fourth-order valence-corrected chi connectivity index (χ4v) is 1.86. The molecule has 0 spiro atoms. The number of nitrogens with two attached hydrogens (primary N) is 1. The van der Waals surface area contributed by atoms with Gasteiger partial charge in [-0.25, -0.2) is 0 Å². The van der Waals surface area contributed by atoms with Crippen molar-refractivity contribution in [3.63, 3.8) is 0 Å². The minimum Gasteiger partial charge on any atom is -0.396 e. The monoisotopic (exact) mass is 185 g/mol. The van der Waals surface area contributed by atoms with Crippen molar-refractivity contribution in [2.24, 2.45) is 11.7 Å². The van der Waals surface area contributed by atoms with Gasteiger partial charge in [-0.05, 0) is 25.8 Å². The maximum atomic E-state index is 8.95. The average molecular weight is 185 g/mol. The van der Waals surface area contributed by atoms with Gasteiger partial charge in [0.2, 0.25) is 0 Å². The van der Waals surface area contributed by atoms with Gasteiger partial charge in [0.1, 0.15) is 0 Å². The Morgan fingerprint density at radius 3 is 2.92 bits per heavy atom. The maximum absolute atomic E-state index is 8.95. The lowest BCUT2D eigenvalue weighted by atomic mass is 10.1. The SMILES string of the molecule is CC(CC(=N)N)N1CCC(CO)C1. The third-order valence-corrected chi connectivity index (χ3v) is 2.71. The van der Waals surface area contributed by atoms with Crippen LogP contribution in [0.1, 0.15) is 19.8 Å². The summed E-state index contributed by atoms with van der Waals surface area (Å²) < 4.78 is 0. The number of nitrogens with zero attached hydrogens (tertiary/aromatic N) is 1. The van der Waals surface area contributed by atoms with Crippen molar-refractivity contribution in [2.45, 2.75) is 25.8 Å². The molecule has 4 nitrogen and oxygen atoms in total. The van der Waals surface area contributed by atoms with Crippen LogP contribution in [0, 0.1) is 11.3 Å². The zero-order valence-corrected chi connectivity index (χ0v) is 8.16. The Labute approximate surface area is 79.2 Å². The summed E-state index contributed by atoms with van der Waals surface area (Å²) in [5.74, 6) is 0.675. The molecule has 0 aliphatic carbocycles. The molecule has 1 heterocycles. The van der Waals surface area contributed by atoms with E-state index in [1.165, 1.54) is 0 Å². The van der Waals surface area contributed by atoms with Gasteiger partial charge in [0.15, 0.2) is 0 Å². The van der Waals surface area contributed by atoms with Gasteiger partial charge in [0.25, 0.3) is 0 Å². The highest BCUT2D eigenvalue weighted by atomic mass is 16.3. The van der Waals surface area contributed by atoms with E-state index in [9.17, 15) is 0 Å². The standard InChI is InChI=1S/C9H19N3O/c1-7(4-9(10)11)12-3-2-8(5-12)6-13/h7-8,13H,2-6H2,1H3,(H3,10,11). The molecule has 1 aliphatic rings. The van der Waals surface area contributed by atoms with Gasteiger partial charge in [-0.3, -0.25) is 10.3 Å². The van der Waals surface area contributed by atoms with E-state index in [2.05, 4.69) is 11.8 Å². The van der Waals surface area contributed by atoms with Crippen molar-refractivity contribution in [3.05, 3.63) is 0 Å². The summed E-state index contributed by atoms with van der Waals surface area (Å²) in [7, 11) is 0. The Kier molecular flexibility index (Phi) is 3.69. The molecule has 2 atom stereocenters. The third kappa shape index (κ3) is 2.97. The Hall–Kier alpha value is -0.610. The van der Waals surface area contributed by atoms with Crippen molar-refractivity contribution < 1.29 is 5.11 Å². The predicted octanol–water partition coefficient (Wildman–Crippen LogP) is 0.0152. The Morgan fingerprint density at radius 1 is 1.77 bits per heavy atom. The first-order valence-corrected chi connectivity index (χ1v) is 4.81. The molecule has 4 N–H and O–H groups in total. The number of rotatable bonds is 4. The van der Waals surface area contributed by atoms with E-state index in [1.807, 2.05) is 0 Å². The van der Waals surface area contributed by atoms with Crippen molar-refractivity contribution in [1.82, 2.24) is 4.90 Å². The van der Waals surface area contributed by atoms with Crippen LogP contribution in [0.4, 0.5) is 0 Å². The largest absolute Gasteiger partial charge is 0.396 e.